The molecule has 1 heterocycles. The molecule has 0 unspecified atom stereocenters. The number of hydrogen-bond donors (Lipinski definition) is 2. The maximum Gasteiger partial charge on any atom is 0.275 e. The number of nitrogens with one attached hydrogen (secondary N) is 1. The molecule has 0 aliphatic heterocycles. The molecule has 0 bridgehead atoms. The minimum Gasteiger partial charge on any atom is -0.494 e. The average molecular weight is 357 g/mol. The third-order valence-electron chi connectivity index (χ3n) is 4.84. The molecule has 1 aromatic carbocycles. The lowest BCUT2D eigenvalue weighted by Crippen LogP contribution is -2.34. The Morgan fingerprint density at radius 1 is 1.46 bits per heavy atom. The largest absolute Gasteiger partial charge is 0.494 e. The second kappa shape index (κ2) is 8.36. The van der Waals surface area contributed by atoms with Crippen molar-refractivity contribution in [3.8, 4) is 5.75 Å². The van der Waals surface area contributed by atoms with Crippen molar-refractivity contribution in [3.63, 3.8) is 0 Å². The van der Waals surface area contributed by atoms with Gasteiger partial charge in [0.05, 0.1) is 13.2 Å². The van der Waals surface area contributed by atoms with E-state index in [1.165, 1.54) is 0 Å². The van der Waals surface area contributed by atoms with Gasteiger partial charge in [0.15, 0.2) is 5.69 Å². The van der Waals surface area contributed by atoms with Crippen molar-refractivity contribution in [2.75, 3.05) is 19.8 Å². The molecule has 0 spiro atoms. The van der Waals surface area contributed by atoms with Crippen molar-refractivity contribution in [3.05, 3.63) is 46.8 Å². The topological polar surface area (TPSA) is 78.5 Å². The van der Waals surface area contributed by atoms with Gasteiger partial charge in [0.1, 0.15) is 5.75 Å². The Morgan fingerprint density at radius 3 is 3.08 bits per heavy atom. The zero-order valence-electron chi connectivity index (χ0n) is 15.5. The molecule has 0 saturated carbocycles. The van der Waals surface area contributed by atoms with Crippen LogP contribution in [-0.4, -0.2) is 45.9 Å². The standard InChI is InChI=1S/C20H27N3O3/c1-3-26-16-6-4-5-15(12-16)13-23(9-10-24)20(25)19-17-11-14(2)7-8-18(17)21-22-19/h4-6,12,14,24H,3,7-11,13H2,1-2H3,(H,21,22)/t14-/m0/s1. The summed E-state index contributed by atoms with van der Waals surface area (Å²) in [5, 5.41) is 16.8. The van der Waals surface area contributed by atoms with Crippen LogP contribution in [0.25, 0.3) is 0 Å². The molecule has 0 fully saturated rings. The van der Waals surface area contributed by atoms with Crippen LogP contribution in [-0.2, 0) is 19.4 Å². The monoisotopic (exact) mass is 357 g/mol. The van der Waals surface area contributed by atoms with Gasteiger partial charge in [0, 0.05) is 24.3 Å². The maximum atomic E-state index is 13.1. The number of carbonyl (C=O) groups excluding carboxylic acids is 1. The first kappa shape index (κ1) is 18.5. The number of benzene rings is 1. The number of aliphatic hydroxyl groups excluding tert-OH is 1. The highest BCUT2D eigenvalue weighted by Crippen LogP contribution is 2.27. The lowest BCUT2D eigenvalue weighted by atomic mass is 9.87. The van der Waals surface area contributed by atoms with Gasteiger partial charge in [0.25, 0.3) is 5.91 Å². The zero-order chi connectivity index (χ0) is 18.5. The molecular weight excluding hydrogens is 330 g/mol. The average Bonchev–Trinajstić information content (AvgIpc) is 3.04. The molecule has 0 saturated heterocycles. The van der Waals surface area contributed by atoms with Gasteiger partial charge >= 0.3 is 0 Å². The summed E-state index contributed by atoms with van der Waals surface area (Å²) in [5.41, 5.74) is 3.59. The molecule has 6 heteroatoms. The summed E-state index contributed by atoms with van der Waals surface area (Å²) in [6, 6.07) is 7.71. The molecule has 1 amide bonds. The van der Waals surface area contributed by atoms with Crippen LogP contribution < -0.4 is 4.74 Å². The van der Waals surface area contributed by atoms with E-state index in [2.05, 4.69) is 17.1 Å². The van der Waals surface area contributed by atoms with Gasteiger partial charge in [-0.1, -0.05) is 19.1 Å². The fraction of sp³-hybridized carbons (Fsp3) is 0.500. The summed E-state index contributed by atoms with van der Waals surface area (Å²) in [7, 11) is 0. The summed E-state index contributed by atoms with van der Waals surface area (Å²) in [6.07, 6.45) is 2.93. The van der Waals surface area contributed by atoms with E-state index in [-0.39, 0.29) is 19.1 Å². The van der Waals surface area contributed by atoms with E-state index >= 15 is 0 Å². The number of H-pyrrole nitrogens is 1. The van der Waals surface area contributed by atoms with Gasteiger partial charge < -0.3 is 14.7 Å². The molecule has 0 radical (unpaired) electrons. The van der Waals surface area contributed by atoms with Crippen LogP contribution >= 0.6 is 0 Å². The van der Waals surface area contributed by atoms with Gasteiger partial charge in [0.2, 0.25) is 0 Å². The quantitative estimate of drug-likeness (QED) is 0.798. The van der Waals surface area contributed by atoms with Crippen LogP contribution in [0.4, 0.5) is 0 Å². The number of aromatic amines is 1. The first-order chi connectivity index (χ1) is 12.6. The van der Waals surface area contributed by atoms with Gasteiger partial charge in [-0.25, -0.2) is 0 Å². The lowest BCUT2D eigenvalue weighted by molar-refractivity contribution is 0.0700. The molecule has 1 aliphatic carbocycles. The summed E-state index contributed by atoms with van der Waals surface area (Å²) in [5.74, 6) is 1.21. The van der Waals surface area contributed by atoms with Crippen LogP contribution in [0.1, 0.15) is 47.6 Å². The van der Waals surface area contributed by atoms with E-state index in [9.17, 15) is 9.90 Å². The van der Waals surface area contributed by atoms with Crippen molar-refractivity contribution in [1.82, 2.24) is 15.1 Å². The molecule has 1 atom stereocenters. The fourth-order valence-electron chi connectivity index (χ4n) is 3.49. The van der Waals surface area contributed by atoms with Gasteiger partial charge in [-0.05, 0) is 49.8 Å². The highest BCUT2D eigenvalue weighted by Gasteiger charge is 2.27. The third-order valence-corrected chi connectivity index (χ3v) is 4.84. The van der Waals surface area contributed by atoms with Crippen LogP contribution in [0, 0.1) is 5.92 Å². The Kier molecular flexibility index (Phi) is 5.93. The molecule has 2 aromatic rings. The molecule has 3 rings (SSSR count). The van der Waals surface area contributed by atoms with Crippen LogP contribution in [0.5, 0.6) is 5.75 Å². The number of aryl methyl sites for hydroxylation is 1. The van der Waals surface area contributed by atoms with E-state index in [1.54, 1.807) is 4.90 Å². The molecule has 1 aliphatic rings. The van der Waals surface area contributed by atoms with Crippen molar-refractivity contribution < 1.29 is 14.6 Å². The van der Waals surface area contributed by atoms with Gasteiger partial charge in [-0.2, -0.15) is 5.10 Å². The van der Waals surface area contributed by atoms with Crippen molar-refractivity contribution in [2.24, 2.45) is 5.92 Å². The lowest BCUT2D eigenvalue weighted by Gasteiger charge is -2.23. The van der Waals surface area contributed by atoms with Crippen molar-refractivity contribution in [2.45, 2.75) is 39.7 Å². The Morgan fingerprint density at radius 2 is 2.31 bits per heavy atom. The van der Waals surface area contributed by atoms with E-state index in [0.717, 1.165) is 41.8 Å². The number of rotatable bonds is 7. The SMILES string of the molecule is CCOc1cccc(CN(CCO)C(=O)c2n[nH]c3c2C[C@@H](C)CC3)c1. The predicted octanol–water partition coefficient (Wildman–Crippen LogP) is 2.57. The third kappa shape index (κ3) is 4.07. The number of aromatic nitrogens is 2. The number of carbonyl (C=O) groups is 1. The van der Waals surface area contributed by atoms with Crippen molar-refractivity contribution >= 4 is 5.91 Å². The Balaban J connectivity index is 1.81. The number of hydrogen-bond acceptors (Lipinski definition) is 4. The molecular formula is C20H27N3O3. The van der Waals surface area contributed by atoms with Crippen LogP contribution in [0.3, 0.4) is 0 Å². The first-order valence-corrected chi connectivity index (χ1v) is 9.30. The normalized spacial score (nSPS) is 16.2. The van der Waals surface area contributed by atoms with Gasteiger partial charge in [-0.15, -0.1) is 0 Å². The van der Waals surface area contributed by atoms with Crippen LogP contribution in [0.15, 0.2) is 24.3 Å². The van der Waals surface area contributed by atoms with Gasteiger partial charge in [-0.3, -0.25) is 9.89 Å². The number of fused-ring (bicyclic) bond motifs is 1. The zero-order valence-corrected chi connectivity index (χ0v) is 15.5. The summed E-state index contributed by atoms with van der Waals surface area (Å²) >= 11 is 0. The van der Waals surface area contributed by atoms with E-state index in [4.69, 9.17) is 4.74 Å². The molecule has 1 aromatic heterocycles. The minimum absolute atomic E-state index is 0.0834. The highest BCUT2D eigenvalue weighted by atomic mass is 16.5. The molecule has 26 heavy (non-hydrogen) atoms. The summed E-state index contributed by atoms with van der Waals surface area (Å²) < 4.78 is 5.54. The van der Waals surface area contributed by atoms with E-state index in [0.29, 0.717) is 24.8 Å². The Bertz CT molecular complexity index is 757. The predicted molar refractivity (Wildman–Crippen MR) is 99.2 cm³/mol. The number of aliphatic hydroxyl groups is 1. The highest BCUT2D eigenvalue weighted by molar-refractivity contribution is 5.94. The second-order valence-corrected chi connectivity index (χ2v) is 6.91. The van der Waals surface area contributed by atoms with Crippen LogP contribution in [0.2, 0.25) is 0 Å². The summed E-state index contributed by atoms with van der Waals surface area (Å²) in [4.78, 5) is 14.7. The van der Waals surface area contributed by atoms with E-state index < -0.39 is 0 Å². The first-order valence-electron chi connectivity index (χ1n) is 9.30. The van der Waals surface area contributed by atoms with Crippen molar-refractivity contribution in [1.29, 1.82) is 0 Å². The number of ether oxygens (including phenoxy) is 1. The number of amides is 1. The fourth-order valence-corrected chi connectivity index (χ4v) is 3.49. The molecule has 6 nitrogen and oxygen atoms in total. The Hall–Kier alpha value is -2.34. The summed E-state index contributed by atoms with van der Waals surface area (Å²) in [6.45, 7) is 5.34. The molecule has 140 valence electrons. The smallest absolute Gasteiger partial charge is 0.275 e. The molecule has 2 N–H and O–H groups in total. The second-order valence-electron chi connectivity index (χ2n) is 6.91. The number of nitrogens with zero attached hydrogens (tertiary/aromatic N) is 2. The Labute approximate surface area is 154 Å². The minimum atomic E-state index is -0.132. The van der Waals surface area contributed by atoms with E-state index in [1.807, 2.05) is 31.2 Å². The maximum absolute atomic E-state index is 13.1.